The molecule has 0 heterocycles. The molecule has 0 aromatic heterocycles. The second-order valence-electron chi connectivity index (χ2n) is 3.94. The van der Waals surface area contributed by atoms with Crippen LogP contribution in [0, 0.1) is 15.9 Å². The van der Waals surface area contributed by atoms with Gasteiger partial charge in [0.2, 0.25) is 5.82 Å². The normalized spacial score (nSPS) is 10.8. The van der Waals surface area contributed by atoms with Crippen LogP contribution < -0.4 is 5.32 Å². The molecule has 0 saturated heterocycles. The molecule has 0 saturated carbocycles. The highest BCUT2D eigenvalue weighted by atomic mass is 19.1. The molecule has 0 unspecified atom stereocenters. The van der Waals surface area contributed by atoms with Gasteiger partial charge in [0, 0.05) is 18.7 Å². The molecule has 0 aliphatic rings. The minimum Gasteiger partial charge on any atom is -0.310 e. The van der Waals surface area contributed by atoms with Crippen molar-refractivity contribution < 1.29 is 9.31 Å². The zero-order valence-corrected chi connectivity index (χ0v) is 10.1. The van der Waals surface area contributed by atoms with Gasteiger partial charge in [0.05, 0.1) is 4.92 Å². The van der Waals surface area contributed by atoms with Gasteiger partial charge in [-0.2, -0.15) is 4.39 Å². The Hall–Kier alpha value is -1.49. The lowest BCUT2D eigenvalue weighted by Crippen LogP contribution is -2.27. The maximum atomic E-state index is 13.3. The fraction of sp³-hybridized carbons (Fsp3) is 0.500. The summed E-state index contributed by atoms with van der Waals surface area (Å²) in [6, 6.07) is 4.40. The number of nitro groups is 1. The lowest BCUT2D eigenvalue weighted by molar-refractivity contribution is -0.387. The number of nitrogens with one attached hydrogen (secondary N) is 1. The number of nitrogens with zero attached hydrogens (tertiary/aromatic N) is 1. The van der Waals surface area contributed by atoms with E-state index in [1.807, 2.05) is 0 Å². The summed E-state index contributed by atoms with van der Waals surface area (Å²) in [6.07, 6.45) is 2.01. The molecule has 4 nitrogen and oxygen atoms in total. The van der Waals surface area contributed by atoms with Crippen molar-refractivity contribution in [2.24, 2.45) is 0 Å². The number of nitro benzene ring substituents is 1. The minimum absolute atomic E-state index is 0.397. The van der Waals surface area contributed by atoms with Crippen molar-refractivity contribution in [3.05, 3.63) is 39.7 Å². The van der Waals surface area contributed by atoms with Crippen molar-refractivity contribution in [2.75, 3.05) is 0 Å². The summed E-state index contributed by atoms with van der Waals surface area (Å²) < 4.78 is 13.3. The second-order valence-corrected chi connectivity index (χ2v) is 3.94. The smallest absolute Gasteiger partial charge is 0.304 e. The van der Waals surface area contributed by atoms with Crippen LogP contribution in [-0.4, -0.2) is 11.0 Å². The summed E-state index contributed by atoms with van der Waals surface area (Å²) in [4.78, 5) is 9.73. The van der Waals surface area contributed by atoms with E-state index in [1.165, 1.54) is 12.1 Å². The van der Waals surface area contributed by atoms with Gasteiger partial charge < -0.3 is 5.32 Å². The van der Waals surface area contributed by atoms with E-state index in [0.29, 0.717) is 12.6 Å². The molecule has 0 radical (unpaired) electrons. The highest BCUT2D eigenvalue weighted by Gasteiger charge is 2.13. The molecule has 0 fully saturated rings. The van der Waals surface area contributed by atoms with Crippen molar-refractivity contribution in [2.45, 2.75) is 39.3 Å². The summed E-state index contributed by atoms with van der Waals surface area (Å²) in [7, 11) is 0. The van der Waals surface area contributed by atoms with E-state index in [-0.39, 0.29) is 0 Å². The topological polar surface area (TPSA) is 55.2 Å². The maximum absolute atomic E-state index is 13.3. The Labute approximate surface area is 100.0 Å². The van der Waals surface area contributed by atoms with Crippen LogP contribution >= 0.6 is 0 Å². The molecule has 0 amide bonds. The van der Waals surface area contributed by atoms with E-state index < -0.39 is 16.4 Å². The van der Waals surface area contributed by atoms with Crippen molar-refractivity contribution in [3.63, 3.8) is 0 Å². The van der Waals surface area contributed by atoms with Gasteiger partial charge in [0.25, 0.3) is 0 Å². The van der Waals surface area contributed by atoms with Crippen LogP contribution in [0.15, 0.2) is 18.2 Å². The SMILES string of the molecule is CCC(CC)NCc1ccc([N+](=O)[O-])c(F)c1. The van der Waals surface area contributed by atoms with Crippen LogP contribution in [0.1, 0.15) is 32.3 Å². The molecule has 1 aromatic carbocycles. The third-order valence-electron chi connectivity index (χ3n) is 2.79. The molecule has 0 spiro atoms. The average molecular weight is 240 g/mol. The maximum Gasteiger partial charge on any atom is 0.304 e. The van der Waals surface area contributed by atoms with E-state index in [4.69, 9.17) is 0 Å². The summed E-state index contributed by atoms with van der Waals surface area (Å²) in [5.74, 6) is -0.779. The Balaban J connectivity index is 2.67. The van der Waals surface area contributed by atoms with Gasteiger partial charge in [0.15, 0.2) is 0 Å². The van der Waals surface area contributed by atoms with Gasteiger partial charge >= 0.3 is 5.69 Å². The third kappa shape index (κ3) is 3.78. The van der Waals surface area contributed by atoms with Gasteiger partial charge in [-0.3, -0.25) is 10.1 Å². The third-order valence-corrected chi connectivity index (χ3v) is 2.79. The molecular formula is C12H17FN2O2. The van der Waals surface area contributed by atoms with Gasteiger partial charge in [-0.25, -0.2) is 0 Å². The van der Waals surface area contributed by atoms with Gasteiger partial charge in [0.1, 0.15) is 0 Å². The first-order valence-electron chi connectivity index (χ1n) is 5.74. The Kier molecular flexibility index (Phi) is 5.03. The van der Waals surface area contributed by atoms with Crippen molar-refractivity contribution >= 4 is 5.69 Å². The van der Waals surface area contributed by atoms with Crippen molar-refractivity contribution in [1.82, 2.24) is 5.32 Å². The predicted molar refractivity (Wildman–Crippen MR) is 64.3 cm³/mol. The Bertz CT molecular complexity index is 392. The largest absolute Gasteiger partial charge is 0.310 e. The van der Waals surface area contributed by atoms with Crippen molar-refractivity contribution in [1.29, 1.82) is 0 Å². The first-order chi connectivity index (χ1) is 8.08. The number of halogens is 1. The number of hydrogen-bond donors (Lipinski definition) is 1. The van der Waals surface area contributed by atoms with E-state index in [9.17, 15) is 14.5 Å². The number of benzene rings is 1. The first-order valence-corrected chi connectivity index (χ1v) is 5.74. The zero-order chi connectivity index (χ0) is 12.8. The van der Waals surface area contributed by atoms with Crippen LogP contribution in [0.25, 0.3) is 0 Å². The quantitative estimate of drug-likeness (QED) is 0.614. The summed E-state index contributed by atoms with van der Waals surface area (Å²) in [5.41, 5.74) is 0.247. The average Bonchev–Trinajstić information content (AvgIpc) is 2.30. The molecule has 0 aliphatic heterocycles. The molecule has 1 aromatic rings. The summed E-state index contributed by atoms with van der Waals surface area (Å²) in [6.45, 7) is 4.69. The van der Waals surface area contributed by atoms with E-state index in [0.717, 1.165) is 18.4 Å². The standard InChI is InChI=1S/C12H17FN2O2/c1-3-10(4-2)14-8-9-5-6-12(15(16)17)11(13)7-9/h5-7,10,14H,3-4,8H2,1-2H3. The van der Waals surface area contributed by atoms with E-state index in [2.05, 4.69) is 19.2 Å². The molecule has 1 N–H and O–H groups in total. The molecule has 0 aliphatic carbocycles. The highest BCUT2D eigenvalue weighted by Crippen LogP contribution is 2.18. The first kappa shape index (κ1) is 13.6. The van der Waals surface area contributed by atoms with Crippen LogP contribution in [0.3, 0.4) is 0 Å². The fourth-order valence-corrected chi connectivity index (χ4v) is 1.65. The molecule has 0 atom stereocenters. The van der Waals surface area contributed by atoms with Crippen LogP contribution in [-0.2, 0) is 6.54 Å². The molecule has 1 rings (SSSR count). The predicted octanol–water partition coefficient (Wildman–Crippen LogP) is 3.01. The van der Waals surface area contributed by atoms with Crippen LogP contribution in [0.2, 0.25) is 0 Å². The number of rotatable bonds is 6. The Morgan fingerprint density at radius 3 is 2.53 bits per heavy atom. The molecule has 94 valence electrons. The fourth-order valence-electron chi connectivity index (χ4n) is 1.65. The van der Waals surface area contributed by atoms with Crippen LogP contribution in [0.5, 0.6) is 0 Å². The molecule has 5 heteroatoms. The lowest BCUT2D eigenvalue weighted by Gasteiger charge is -2.14. The monoisotopic (exact) mass is 240 g/mol. The Morgan fingerprint density at radius 2 is 2.06 bits per heavy atom. The van der Waals surface area contributed by atoms with Crippen molar-refractivity contribution in [3.8, 4) is 0 Å². The van der Waals surface area contributed by atoms with Gasteiger partial charge in [-0.05, 0) is 24.5 Å². The summed E-state index contributed by atoms with van der Waals surface area (Å²) in [5, 5.41) is 13.7. The molecular weight excluding hydrogens is 223 g/mol. The van der Waals surface area contributed by atoms with Crippen LogP contribution in [0.4, 0.5) is 10.1 Å². The van der Waals surface area contributed by atoms with E-state index in [1.54, 1.807) is 6.07 Å². The minimum atomic E-state index is -0.779. The zero-order valence-electron chi connectivity index (χ0n) is 10.1. The van der Waals surface area contributed by atoms with Gasteiger partial charge in [-0.15, -0.1) is 0 Å². The highest BCUT2D eigenvalue weighted by molar-refractivity contribution is 5.34. The lowest BCUT2D eigenvalue weighted by atomic mass is 10.1. The van der Waals surface area contributed by atoms with Gasteiger partial charge in [-0.1, -0.05) is 19.9 Å². The Morgan fingerprint density at radius 1 is 1.41 bits per heavy atom. The molecule has 17 heavy (non-hydrogen) atoms. The molecule has 0 bridgehead atoms. The van der Waals surface area contributed by atoms with E-state index >= 15 is 0 Å². The number of hydrogen-bond acceptors (Lipinski definition) is 3. The second kappa shape index (κ2) is 6.30. The summed E-state index contributed by atoms with van der Waals surface area (Å²) >= 11 is 0.